The number of halogens is 3. The number of amides is 1. The van der Waals surface area contributed by atoms with Gasteiger partial charge >= 0.3 is 6.18 Å². The number of nitrogens with one attached hydrogen (secondary N) is 1. The Morgan fingerprint density at radius 2 is 2.06 bits per heavy atom. The lowest BCUT2D eigenvalue weighted by Crippen LogP contribution is -2.47. The van der Waals surface area contributed by atoms with Gasteiger partial charge in [-0.15, -0.1) is 0 Å². The van der Waals surface area contributed by atoms with E-state index in [0.29, 0.717) is 35.1 Å². The summed E-state index contributed by atoms with van der Waals surface area (Å²) in [6, 6.07) is 6.92. The van der Waals surface area contributed by atoms with E-state index in [-0.39, 0.29) is 17.6 Å². The molecule has 1 amide bonds. The summed E-state index contributed by atoms with van der Waals surface area (Å²) in [6.45, 7) is 1.44. The summed E-state index contributed by atoms with van der Waals surface area (Å²) < 4.78 is 45.8. The zero-order chi connectivity index (χ0) is 22.4. The first-order valence-corrected chi connectivity index (χ1v) is 9.73. The van der Waals surface area contributed by atoms with Crippen molar-refractivity contribution in [1.82, 2.24) is 14.6 Å². The summed E-state index contributed by atoms with van der Waals surface area (Å²) in [5.41, 5.74) is -0.474. The molecular formula is C21H21F3N4O3. The molecule has 10 heteroatoms. The van der Waals surface area contributed by atoms with Crippen LogP contribution in [0, 0.1) is 12.8 Å². The number of carbonyl (C=O) groups excluding carboxylic acids is 1. The van der Waals surface area contributed by atoms with E-state index in [9.17, 15) is 23.1 Å². The lowest BCUT2D eigenvalue weighted by atomic mass is 10.1. The minimum absolute atomic E-state index is 0.0498. The lowest BCUT2D eigenvalue weighted by molar-refractivity contribution is -0.260. The standard InChI is InChI=1S/C21H21F3N4O3/c1-12-7-16(17(10-25-12)31-11-20(2,30)21(22,23)24)14-5-6-28-15(8-14)9-18(27-28)26-19(29)13-3-4-13/h5-10,13,30H,3-4,11H2,1-2H3,(H,26,27,29)/t20-/m1/s1. The number of hydrogen-bond donors (Lipinski definition) is 2. The number of anilines is 1. The van der Waals surface area contributed by atoms with Crippen LogP contribution in [0.25, 0.3) is 16.6 Å². The number of aromatic nitrogens is 3. The summed E-state index contributed by atoms with van der Waals surface area (Å²) in [4.78, 5) is 16.1. The second-order valence-electron chi connectivity index (χ2n) is 7.96. The van der Waals surface area contributed by atoms with Gasteiger partial charge in [0.2, 0.25) is 5.91 Å². The van der Waals surface area contributed by atoms with Gasteiger partial charge in [0.25, 0.3) is 0 Å². The van der Waals surface area contributed by atoms with Crippen LogP contribution in [0.15, 0.2) is 36.7 Å². The highest BCUT2D eigenvalue weighted by Crippen LogP contribution is 2.35. The molecular weight excluding hydrogens is 413 g/mol. The highest BCUT2D eigenvalue weighted by Gasteiger charge is 2.50. The average Bonchev–Trinajstić information content (AvgIpc) is 3.46. The van der Waals surface area contributed by atoms with E-state index in [0.717, 1.165) is 12.8 Å². The minimum Gasteiger partial charge on any atom is -0.488 e. The number of carbonyl (C=O) groups is 1. The molecule has 1 aliphatic carbocycles. The molecule has 0 radical (unpaired) electrons. The fraction of sp³-hybridized carbons (Fsp3) is 0.381. The summed E-state index contributed by atoms with van der Waals surface area (Å²) >= 11 is 0. The smallest absolute Gasteiger partial charge is 0.420 e. The Morgan fingerprint density at radius 3 is 2.74 bits per heavy atom. The molecule has 3 aromatic rings. The van der Waals surface area contributed by atoms with Crippen LogP contribution in [0.1, 0.15) is 25.5 Å². The van der Waals surface area contributed by atoms with Gasteiger partial charge in [-0.25, -0.2) is 4.52 Å². The fourth-order valence-electron chi connectivity index (χ4n) is 2.98. The monoisotopic (exact) mass is 434 g/mol. The molecule has 3 heterocycles. The van der Waals surface area contributed by atoms with Gasteiger partial charge in [-0.1, -0.05) is 0 Å². The quantitative estimate of drug-likeness (QED) is 0.617. The van der Waals surface area contributed by atoms with Gasteiger partial charge in [-0.2, -0.15) is 18.3 Å². The Balaban J connectivity index is 1.62. The highest BCUT2D eigenvalue weighted by atomic mass is 19.4. The number of hydrogen-bond acceptors (Lipinski definition) is 5. The molecule has 31 heavy (non-hydrogen) atoms. The normalized spacial score (nSPS) is 16.2. The van der Waals surface area contributed by atoms with E-state index in [4.69, 9.17) is 4.74 Å². The molecule has 1 saturated carbocycles. The molecule has 0 unspecified atom stereocenters. The van der Waals surface area contributed by atoms with Crippen LogP contribution in [0.4, 0.5) is 19.0 Å². The van der Waals surface area contributed by atoms with Crippen molar-refractivity contribution in [3.8, 4) is 16.9 Å². The van der Waals surface area contributed by atoms with Crippen molar-refractivity contribution in [2.75, 3.05) is 11.9 Å². The Labute approximate surface area is 175 Å². The number of nitrogens with zero attached hydrogens (tertiary/aromatic N) is 3. The Hall–Kier alpha value is -3.14. The maximum Gasteiger partial charge on any atom is 0.420 e. The molecule has 1 fully saturated rings. The van der Waals surface area contributed by atoms with Gasteiger partial charge in [-0.3, -0.25) is 9.78 Å². The Kier molecular flexibility index (Phi) is 5.12. The first kappa shape index (κ1) is 21.1. The Bertz CT molecular complexity index is 1140. The van der Waals surface area contributed by atoms with E-state index in [1.807, 2.05) is 0 Å². The van der Waals surface area contributed by atoms with E-state index in [2.05, 4.69) is 15.4 Å². The van der Waals surface area contributed by atoms with Crippen molar-refractivity contribution in [3.63, 3.8) is 0 Å². The number of ether oxygens (including phenoxy) is 1. The number of rotatable bonds is 6. The SMILES string of the molecule is Cc1cc(-c2ccn3nc(NC(=O)C4CC4)cc3c2)c(OC[C@@](C)(O)C(F)(F)F)cn1. The van der Waals surface area contributed by atoms with Gasteiger partial charge in [0, 0.05) is 29.4 Å². The van der Waals surface area contributed by atoms with E-state index < -0.39 is 18.4 Å². The van der Waals surface area contributed by atoms with E-state index >= 15 is 0 Å². The topological polar surface area (TPSA) is 88.8 Å². The second kappa shape index (κ2) is 7.52. The molecule has 1 aliphatic rings. The van der Waals surface area contributed by atoms with Crippen molar-refractivity contribution in [2.45, 2.75) is 38.5 Å². The second-order valence-corrected chi connectivity index (χ2v) is 7.96. The van der Waals surface area contributed by atoms with Crippen LogP contribution in [0.3, 0.4) is 0 Å². The van der Waals surface area contributed by atoms with Crippen LogP contribution in [-0.4, -0.2) is 44.0 Å². The van der Waals surface area contributed by atoms with Crippen LogP contribution >= 0.6 is 0 Å². The predicted molar refractivity (Wildman–Crippen MR) is 107 cm³/mol. The van der Waals surface area contributed by atoms with Crippen LogP contribution in [0.5, 0.6) is 5.75 Å². The number of alkyl halides is 3. The molecule has 0 aromatic carbocycles. The average molecular weight is 434 g/mol. The molecule has 4 rings (SSSR count). The molecule has 0 aliphatic heterocycles. The van der Waals surface area contributed by atoms with Gasteiger partial charge in [0.15, 0.2) is 11.4 Å². The zero-order valence-corrected chi connectivity index (χ0v) is 16.9. The minimum atomic E-state index is -4.83. The first-order valence-electron chi connectivity index (χ1n) is 9.73. The molecule has 164 valence electrons. The third-order valence-corrected chi connectivity index (χ3v) is 5.10. The van der Waals surface area contributed by atoms with Gasteiger partial charge in [0.05, 0.1) is 11.7 Å². The summed E-state index contributed by atoms with van der Waals surface area (Å²) in [5.74, 6) is 0.536. The number of aryl methyl sites for hydroxylation is 1. The van der Waals surface area contributed by atoms with Gasteiger partial charge < -0.3 is 15.2 Å². The fourth-order valence-corrected chi connectivity index (χ4v) is 2.98. The number of fused-ring (bicyclic) bond motifs is 1. The summed E-state index contributed by atoms with van der Waals surface area (Å²) in [7, 11) is 0. The first-order chi connectivity index (χ1) is 14.5. The van der Waals surface area contributed by atoms with Crippen LogP contribution in [0.2, 0.25) is 0 Å². The van der Waals surface area contributed by atoms with Crippen LogP contribution < -0.4 is 10.1 Å². The van der Waals surface area contributed by atoms with E-state index in [1.165, 1.54) is 6.20 Å². The van der Waals surface area contributed by atoms with Crippen molar-refractivity contribution < 1.29 is 27.8 Å². The van der Waals surface area contributed by atoms with E-state index in [1.54, 1.807) is 41.9 Å². The van der Waals surface area contributed by atoms with Crippen molar-refractivity contribution >= 4 is 17.2 Å². The van der Waals surface area contributed by atoms with Gasteiger partial charge in [0.1, 0.15) is 12.4 Å². The third kappa shape index (κ3) is 4.48. The van der Waals surface area contributed by atoms with Gasteiger partial charge in [-0.05, 0) is 50.5 Å². The molecule has 0 saturated heterocycles. The molecule has 3 aromatic heterocycles. The molecule has 1 atom stereocenters. The predicted octanol–water partition coefficient (Wildman–Crippen LogP) is 3.75. The largest absolute Gasteiger partial charge is 0.488 e. The van der Waals surface area contributed by atoms with Crippen molar-refractivity contribution in [3.05, 3.63) is 42.4 Å². The lowest BCUT2D eigenvalue weighted by Gasteiger charge is -2.26. The number of aliphatic hydroxyl groups is 1. The highest BCUT2D eigenvalue weighted by molar-refractivity contribution is 5.93. The maximum absolute atomic E-state index is 13.0. The molecule has 2 N–H and O–H groups in total. The summed E-state index contributed by atoms with van der Waals surface area (Å²) in [5, 5.41) is 16.8. The number of pyridine rings is 2. The van der Waals surface area contributed by atoms with Crippen molar-refractivity contribution in [1.29, 1.82) is 0 Å². The summed E-state index contributed by atoms with van der Waals surface area (Å²) in [6.07, 6.45) is -0.0472. The Morgan fingerprint density at radius 1 is 1.32 bits per heavy atom. The van der Waals surface area contributed by atoms with Crippen molar-refractivity contribution in [2.24, 2.45) is 5.92 Å². The molecule has 7 nitrogen and oxygen atoms in total. The van der Waals surface area contributed by atoms with Crippen LogP contribution in [-0.2, 0) is 4.79 Å². The molecule has 0 bridgehead atoms. The zero-order valence-electron chi connectivity index (χ0n) is 16.9. The molecule has 0 spiro atoms. The maximum atomic E-state index is 13.0. The third-order valence-electron chi connectivity index (χ3n) is 5.10.